The molecule has 0 aliphatic rings. The van der Waals surface area contributed by atoms with E-state index in [1.165, 1.54) is 29.3 Å². The summed E-state index contributed by atoms with van der Waals surface area (Å²) in [6, 6.07) is 33.9. The van der Waals surface area contributed by atoms with Crippen LogP contribution in [0.25, 0.3) is 27.2 Å². The molecule has 0 saturated carbocycles. The van der Waals surface area contributed by atoms with Gasteiger partial charge in [-0.2, -0.15) is 5.10 Å². The zero-order valence-corrected chi connectivity index (χ0v) is 24.8. The van der Waals surface area contributed by atoms with Crippen LogP contribution >= 0.6 is 34.7 Å². The number of aromatic nitrogens is 3. The first kappa shape index (κ1) is 28.4. The molecule has 0 aliphatic carbocycles. The Morgan fingerprint density at radius 3 is 2.40 bits per heavy atom. The molecule has 0 aliphatic heterocycles. The van der Waals surface area contributed by atoms with E-state index in [-0.39, 0.29) is 17.4 Å². The number of thiophene rings is 1. The molecule has 6 rings (SSSR count). The number of nitrogens with zero attached hydrogens (tertiary/aromatic N) is 4. The van der Waals surface area contributed by atoms with Crippen molar-refractivity contribution >= 4 is 62.9 Å². The van der Waals surface area contributed by atoms with Crippen molar-refractivity contribution in [2.45, 2.75) is 5.16 Å². The van der Waals surface area contributed by atoms with Gasteiger partial charge in [0.25, 0.3) is 5.91 Å². The number of esters is 1. The highest BCUT2D eigenvalue weighted by atomic mass is 35.5. The third kappa shape index (κ3) is 6.36. The number of nitrogens with one attached hydrogen (secondary N) is 1. The minimum Gasteiger partial charge on any atom is -0.422 e. The fourth-order valence-electron chi connectivity index (χ4n) is 4.26. The molecule has 0 radical (unpaired) electrons. The van der Waals surface area contributed by atoms with Crippen LogP contribution in [0.5, 0.6) is 5.75 Å². The predicted molar refractivity (Wildman–Crippen MR) is 171 cm³/mol. The number of carbonyl (C=O) groups excluding carboxylic acids is 2. The van der Waals surface area contributed by atoms with Gasteiger partial charge in [-0.15, -0.1) is 21.5 Å². The number of hydrogen-bond acceptors (Lipinski definition) is 8. The van der Waals surface area contributed by atoms with E-state index in [2.05, 4.69) is 20.7 Å². The molecular weight excluding hydrogens is 602 g/mol. The number of hydrogen-bond donors (Lipinski definition) is 1. The summed E-state index contributed by atoms with van der Waals surface area (Å²) in [5.74, 6) is 0.119. The SMILES string of the molecule is O=C(CSc1nnc(-c2ccccc2)n1-c1ccccc1)N/N=C\c1ccccc1OC(=O)c1sc2ccccc2c1Cl. The van der Waals surface area contributed by atoms with Crippen LogP contribution in [0.2, 0.25) is 5.02 Å². The van der Waals surface area contributed by atoms with Crippen LogP contribution in [0, 0.1) is 0 Å². The third-order valence-electron chi connectivity index (χ3n) is 6.25. The molecule has 0 atom stereocenters. The number of thioether (sulfide) groups is 1. The second-order valence-electron chi connectivity index (χ2n) is 9.09. The first-order chi connectivity index (χ1) is 21.1. The summed E-state index contributed by atoms with van der Waals surface area (Å²) >= 11 is 8.97. The molecule has 0 bridgehead atoms. The van der Waals surface area contributed by atoms with Crippen LogP contribution in [-0.4, -0.2) is 38.6 Å². The number of ether oxygens (including phenoxy) is 1. The quantitative estimate of drug-likeness (QED) is 0.0598. The van der Waals surface area contributed by atoms with Gasteiger partial charge in [-0.25, -0.2) is 10.2 Å². The summed E-state index contributed by atoms with van der Waals surface area (Å²) in [6.07, 6.45) is 1.43. The molecule has 0 saturated heterocycles. The van der Waals surface area contributed by atoms with Crippen molar-refractivity contribution in [3.8, 4) is 22.8 Å². The third-order valence-corrected chi connectivity index (χ3v) is 8.83. The predicted octanol–water partition coefficient (Wildman–Crippen LogP) is 7.26. The molecule has 0 unspecified atom stereocenters. The van der Waals surface area contributed by atoms with Crippen LogP contribution in [-0.2, 0) is 4.79 Å². The van der Waals surface area contributed by atoms with E-state index >= 15 is 0 Å². The first-order valence-electron chi connectivity index (χ1n) is 13.1. The Morgan fingerprint density at radius 2 is 1.60 bits per heavy atom. The van der Waals surface area contributed by atoms with E-state index < -0.39 is 5.97 Å². The van der Waals surface area contributed by atoms with Gasteiger partial charge in [0.15, 0.2) is 11.0 Å². The Hall–Kier alpha value is -4.77. The number of rotatable bonds is 9. The number of para-hydroxylation sites is 2. The molecule has 2 aromatic heterocycles. The zero-order valence-electron chi connectivity index (χ0n) is 22.4. The average Bonchev–Trinajstić information content (AvgIpc) is 3.63. The highest BCUT2D eigenvalue weighted by molar-refractivity contribution is 7.99. The highest BCUT2D eigenvalue weighted by Crippen LogP contribution is 2.36. The van der Waals surface area contributed by atoms with Crippen LogP contribution < -0.4 is 10.2 Å². The molecule has 1 amide bonds. The Labute approximate surface area is 260 Å². The fourth-order valence-corrected chi connectivity index (χ4v) is 6.38. The van der Waals surface area contributed by atoms with E-state index in [9.17, 15) is 9.59 Å². The Kier molecular flexibility index (Phi) is 8.60. The van der Waals surface area contributed by atoms with E-state index in [0.29, 0.717) is 26.4 Å². The van der Waals surface area contributed by atoms with Crippen molar-refractivity contribution in [2.75, 3.05) is 5.75 Å². The smallest absolute Gasteiger partial charge is 0.355 e. The van der Waals surface area contributed by atoms with Crippen LogP contribution in [0.3, 0.4) is 0 Å². The van der Waals surface area contributed by atoms with E-state index in [4.69, 9.17) is 16.3 Å². The van der Waals surface area contributed by atoms with Gasteiger partial charge in [-0.3, -0.25) is 9.36 Å². The summed E-state index contributed by atoms with van der Waals surface area (Å²) < 4.78 is 8.48. The van der Waals surface area contributed by atoms with Gasteiger partial charge in [0.05, 0.1) is 17.0 Å². The maximum absolute atomic E-state index is 13.0. The number of fused-ring (bicyclic) bond motifs is 1. The minimum atomic E-state index is -0.565. The number of amides is 1. The average molecular weight is 624 g/mol. The lowest BCUT2D eigenvalue weighted by atomic mass is 10.2. The number of hydrazone groups is 1. The van der Waals surface area contributed by atoms with Gasteiger partial charge in [0.2, 0.25) is 0 Å². The monoisotopic (exact) mass is 623 g/mol. The number of halogens is 1. The topological polar surface area (TPSA) is 98.5 Å². The normalized spacial score (nSPS) is 11.2. The van der Waals surface area contributed by atoms with E-state index in [0.717, 1.165) is 21.3 Å². The molecule has 1 N–H and O–H groups in total. The molecule has 2 heterocycles. The molecule has 0 fully saturated rings. The van der Waals surface area contributed by atoms with Gasteiger partial charge in [0.1, 0.15) is 10.6 Å². The molecule has 6 aromatic rings. The lowest BCUT2D eigenvalue weighted by molar-refractivity contribution is -0.118. The van der Waals surface area contributed by atoms with Crippen LogP contribution in [0.1, 0.15) is 15.2 Å². The zero-order chi connectivity index (χ0) is 29.6. The molecular formula is C32H22ClN5O3S2. The van der Waals surface area contributed by atoms with Crippen molar-refractivity contribution in [3.63, 3.8) is 0 Å². The Balaban J connectivity index is 1.12. The maximum atomic E-state index is 13.0. The lowest BCUT2D eigenvalue weighted by Gasteiger charge is -2.10. The van der Waals surface area contributed by atoms with Gasteiger partial charge in [0, 0.05) is 26.9 Å². The summed E-state index contributed by atoms with van der Waals surface area (Å²) in [4.78, 5) is 26.0. The first-order valence-corrected chi connectivity index (χ1v) is 15.3. The lowest BCUT2D eigenvalue weighted by Crippen LogP contribution is -2.20. The van der Waals surface area contributed by atoms with Crippen molar-refractivity contribution in [1.29, 1.82) is 0 Å². The van der Waals surface area contributed by atoms with Crippen LogP contribution in [0.4, 0.5) is 0 Å². The van der Waals surface area contributed by atoms with Crippen molar-refractivity contribution < 1.29 is 14.3 Å². The molecule has 43 heavy (non-hydrogen) atoms. The highest BCUT2D eigenvalue weighted by Gasteiger charge is 2.20. The fraction of sp³-hybridized carbons (Fsp3) is 0.0312. The maximum Gasteiger partial charge on any atom is 0.355 e. The van der Waals surface area contributed by atoms with Gasteiger partial charge >= 0.3 is 5.97 Å². The van der Waals surface area contributed by atoms with Crippen molar-refractivity contribution in [1.82, 2.24) is 20.2 Å². The standard InChI is InChI=1S/C32H22ClN5O3S2/c33-28-24-16-8-10-18-26(24)43-29(28)31(40)41-25-17-9-7-13-22(25)19-34-35-27(39)20-42-32-37-36-30(21-11-3-1-4-12-21)38(32)23-14-5-2-6-15-23/h1-19H,20H2,(H,35,39)/b34-19-. The summed E-state index contributed by atoms with van der Waals surface area (Å²) in [5.41, 5.74) is 4.84. The number of carbonyl (C=O) groups is 2. The molecule has 8 nitrogen and oxygen atoms in total. The van der Waals surface area contributed by atoms with E-state index in [1.807, 2.05) is 89.5 Å². The summed E-state index contributed by atoms with van der Waals surface area (Å²) in [6.45, 7) is 0. The van der Waals surface area contributed by atoms with Crippen molar-refractivity contribution in [3.05, 3.63) is 125 Å². The van der Waals surface area contributed by atoms with Gasteiger partial charge in [-0.05, 0) is 30.3 Å². The molecule has 0 spiro atoms. The van der Waals surface area contributed by atoms with Gasteiger partial charge in [-0.1, -0.05) is 102 Å². The van der Waals surface area contributed by atoms with E-state index in [1.54, 1.807) is 24.3 Å². The van der Waals surface area contributed by atoms with Gasteiger partial charge < -0.3 is 4.74 Å². The molecule has 4 aromatic carbocycles. The second kappa shape index (κ2) is 13.0. The van der Waals surface area contributed by atoms with Crippen molar-refractivity contribution in [2.24, 2.45) is 5.10 Å². The number of benzene rings is 4. The summed E-state index contributed by atoms with van der Waals surface area (Å²) in [5, 5.41) is 14.6. The largest absolute Gasteiger partial charge is 0.422 e. The van der Waals surface area contributed by atoms with Crippen LogP contribution in [0.15, 0.2) is 119 Å². The Morgan fingerprint density at radius 1 is 0.907 bits per heavy atom. The minimum absolute atomic E-state index is 0.0537. The molecule has 212 valence electrons. The summed E-state index contributed by atoms with van der Waals surface area (Å²) in [7, 11) is 0. The molecule has 11 heteroatoms. The second-order valence-corrected chi connectivity index (χ2v) is 11.5. The Bertz CT molecular complexity index is 1940.